The van der Waals surface area contributed by atoms with Crippen LogP contribution in [0.4, 0.5) is 5.82 Å². The minimum Gasteiger partial charge on any atom is -0.384 e. The molecule has 1 saturated heterocycles. The number of anilines is 1. The van der Waals surface area contributed by atoms with E-state index in [4.69, 9.17) is 4.74 Å². The molecule has 2 atom stereocenters. The van der Waals surface area contributed by atoms with E-state index in [2.05, 4.69) is 20.2 Å². The number of amides is 1. The van der Waals surface area contributed by atoms with Crippen molar-refractivity contribution in [2.75, 3.05) is 31.7 Å². The van der Waals surface area contributed by atoms with Crippen LogP contribution in [0.1, 0.15) is 13.8 Å². The topological polar surface area (TPSA) is 67.3 Å². The van der Waals surface area contributed by atoms with E-state index < -0.39 is 0 Å². The van der Waals surface area contributed by atoms with Crippen LogP contribution < -0.4 is 10.2 Å². The van der Waals surface area contributed by atoms with Gasteiger partial charge in [-0.15, -0.1) is 0 Å². The zero-order valence-corrected chi connectivity index (χ0v) is 12.2. The fourth-order valence-corrected chi connectivity index (χ4v) is 2.60. The van der Waals surface area contributed by atoms with E-state index in [1.54, 1.807) is 13.3 Å². The highest BCUT2D eigenvalue weighted by atomic mass is 16.5. The number of carbonyl (C=O) groups is 1. The summed E-state index contributed by atoms with van der Waals surface area (Å²) in [7, 11) is 1.67. The highest BCUT2D eigenvalue weighted by molar-refractivity contribution is 5.80. The molecule has 0 unspecified atom stereocenters. The Balaban J connectivity index is 2.09. The van der Waals surface area contributed by atoms with Gasteiger partial charge in [0.2, 0.25) is 5.91 Å². The number of nitrogens with one attached hydrogen (secondary N) is 1. The van der Waals surface area contributed by atoms with Gasteiger partial charge in [-0.3, -0.25) is 4.79 Å². The van der Waals surface area contributed by atoms with E-state index in [1.165, 1.54) is 6.33 Å². The Bertz CT molecular complexity index is 438. The molecule has 20 heavy (non-hydrogen) atoms. The minimum absolute atomic E-state index is 0.0627. The van der Waals surface area contributed by atoms with E-state index in [0.717, 1.165) is 12.4 Å². The van der Waals surface area contributed by atoms with Gasteiger partial charge in [0.25, 0.3) is 0 Å². The molecule has 1 aromatic rings. The molecule has 1 aliphatic rings. The van der Waals surface area contributed by atoms with Crippen molar-refractivity contribution < 1.29 is 9.53 Å². The van der Waals surface area contributed by atoms with Gasteiger partial charge in [0.1, 0.15) is 12.1 Å². The summed E-state index contributed by atoms with van der Waals surface area (Å²) in [6.07, 6.45) is 3.25. The summed E-state index contributed by atoms with van der Waals surface area (Å²) >= 11 is 0. The van der Waals surface area contributed by atoms with Gasteiger partial charge < -0.3 is 15.0 Å². The highest BCUT2D eigenvalue weighted by Crippen LogP contribution is 2.27. The SMILES string of the molecule is COC[C@@H]1CN(c2ccncn2)C[C@H]1C(=O)NC(C)C. The first-order chi connectivity index (χ1) is 9.61. The van der Waals surface area contributed by atoms with Crippen LogP contribution in [-0.2, 0) is 9.53 Å². The Labute approximate surface area is 119 Å². The quantitative estimate of drug-likeness (QED) is 0.859. The Morgan fingerprint density at radius 3 is 2.95 bits per heavy atom. The van der Waals surface area contributed by atoms with Crippen molar-refractivity contribution in [3.05, 3.63) is 18.6 Å². The Hall–Kier alpha value is -1.69. The zero-order valence-electron chi connectivity index (χ0n) is 12.2. The molecule has 1 amide bonds. The molecule has 0 radical (unpaired) electrons. The van der Waals surface area contributed by atoms with E-state index in [0.29, 0.717) is 13.2 Å². The molecule has 0 bridgehead atoms. The molecular weight excluding hydrogens is 256 g/mol. The highest BCUT2D eigenvalue weighted by Gasteiger charge is 2.38. The molecule has 6 heteroatoms. The minimum atomic E-state index is -0.0627. The van der Waals surface area contributed by atoms with Crippen LogP contribution in [0.15, 0.2) is 18.6 Å². The van der Waals surface area contributed by atoms with E-state index in [1.807, 2.05) is 19.9 Å². The van der Waals surface area contributed by atoms with Gasteiger partial charge in [0.05, 0.1) is 12.5 Å². The molecule has 1 aliphatic heterocycles. The second kappa shape index (κ2) is 6.65. The molecule has 1 N–H and O–H groups in total. The van der Waals surface area contributed by atoms with Crippen LogP contribution in [0.2, 0.25) is 0 Å². The van der Waals surface area contributed by atoms with Crippen LogP contribution in [0.25, 0.3) is 0 Å². The zero-order chi connectivity index (χ0) is 14.5. The standard InChI is InChI=1S/C14H22N4O2/c1-10(2)17-14(19)12-7-18(6-11(12)8-20-3)13-4-5-15-9-16-13/h4-5,9-12H,6-8H2,1-3H3,(H,17,19)/t11-,12+/m0/s1. The fraction of sp³-hybridized carbons (Fsp3) is 0.643. The van der Waals surface area contributed by atoms with Gasteiger partial charge in [0.15, 0.2) is 0 Å². The number of ether oxygens (including phenoxy) is 1. The van der Waals surface area contributed by atoms with Crippen LogP contribution in [-0.4, -0.2) is 48.7 Å². The maximum absolute atomic E-state index is 12.3. The van der Waals surface area contributed by atoms with Crippen molar-refractivity contribution in [3.8, 4) is 0 Å². The van der Waals surface area contributed by atoms with E-state index in [9.17, 15) is 4.79 Å². The lowest BCUT2D eigenvalue weighted by atomic mass is 9.96. The summed E-state index contributed by atoms with van der Waals surface area (Å²) in [5, 5.41) is 2.99. The Morgan fingerprint density at radius 1 is 1.55 bits per heavy atom. The summed E-state index contributed by atoms with van der Waals surface area (Å²) in [4.78, 5) is 22.6. The van der Waals surface area contributed by atoms with Crippen LogP contribution in [0, 0.1) is 11.8 Å². The second-order valence-corrected chi connectivity index (χ2v) is 5.46. The number of rotatable bonds is 5. The molecule has 0 saturated carbocycles. The van der Waals surface area contributed by atoms with E-state index >= 15 is 0 Å². The van der Waals surface area contributed by atoms with Gasteiger partial charge in [-0.25, -0.2) is 9.97 Å². The first-order valence-electron chi connectivity index (χ1n) is 6.92. The van der Waals surface area contributed by atoms with Crippen LogP contribution in [0.5, 0.6) is 0 Å². The third-order valence-electron chi connectivity index (χ3n) is 3.48. The number of nitrogens with zero attached hydrogens (tertiary/aromatic N) is 3. The van der Waals surface area contributed by atoms with Gasteiger partial charge in [0, 0.05) is 38.4 Å². The third kappa shape index (κ3) is 3.45. The number of aromatic nitrogens is 2. The van der Waals surface area contributed by atoms with Gasteiger partial charge >= 0.3 is 0 Å². The van der Waals surface area contributed by atoms with Crippen LogP contribution >= 0.6 is 0 Å². The molecule has 2 rings (SSSR count). The van der Waals surface area contributed by atoms with Crippen molar-refractivity contribution in [1.82, 2.24) is 15.3 Å². The summed E-state index contributed by atoms with van der Waals surface area (Å²) in [6, 6.07) is 2.02. The third-order valence-corrected chi connectivity index (χ3v) is 3.48. The number of carbonyl (C=O) groups excluding carboxylic acids is 1. The number of hydrogen-bond donors (Lipinski definition) is 1. The molecule has 1 aromatic heterocycles. The first kappa shape index (κ1) is 14.7. The van der Waals surface area contributed by atoms with Crippen molar-refractivity contribution in [2.45, 2.75) is 19.9 Å². The largest absolute Gasteiger partial charge is 0.384 e. The lowest BCUT2D eigenvalue weighted by Crippen LogP contribution is -2.39. The average Bonchev–Trinajstić information content (AvgIpc) is 2.83. The second-order valence-electron chi connectivity index (χ2n) is 5.46. The summed E-state index contributed by atoms with van der Waals surface area (Å²) in [5.41, 5.74) is 0. The van der Waals surface area contributed by atoms with Crippen molar-refractivity contribution >= 4 is 11.7 Å². The summed E-state index contributed by atoms with van der Waals surface area (Å²) in [6.45, 7) is 5.98. The number of methoxy groups -OCH3 is 1. The van der Waals surface area contributed by atoms with Crippen molar-refractivity contribution in [1.29, 1.82) is 0 Å². The first-order valence-corrected chi connectivity index (χ1v) is 6.92. The summed E-state index contributed by atoms with van der Waals surface area (Å²) in [5.74, 6) is 1.08. The predicted molar refractivity (Wildman–Crippen MR) is 76.4 cm³/mol. The molecule has 6 nitrogen and oxygen atoms in total. The lowest BCUT2D eigenvalue weighted by molar-refractivity contribution is -0.126. The fourth-order valence-electron chi connectivity index (χ4n) is 2.60. The molecule has 110 valence electrons. The molecule has 0 aromatic carbocycles. The Morgan fingerprint density at radius 2 is 2.35 bits per heavy atom. The average molecular weight is 278 g/mol. The maximum Gasteiger partial charge on any atom is 0.225 e. The van der Waals surface area contributed by atoms with Crippen LogP contribution in [0.3, 0.4) is 0 Å². The van der Waals surface area contributed by atoms with Crippen molar-refractivity contribution in [3.63, 3.8) is 0 Å². The van der Waals surface area contributed by atoms with Gasteiger partial charge in [-0.1, -0.05) is 0 Å². The van der Waals surface area contributed by atoms with Gasteiger partial charge in [-0.2, -0.15) is 0 Å². The monoisotopic (exact) mass is 278 g/mol. The summed E-state index contributed by atoms with van der Waals surface area (Å²) < 4.78 is 5.26. The normalized spacial score (nSPS) is 22.3. The van der Waals surface area contributed by atoms with Gasteiger partial charge in [-0.05, 0) is 19.9 Å². The molecule has 0 spiro atoms. The lowest BCUT2D eigenvalue weighted by Gasteiger charge is -2.18. The predicted octanol–water partition coefficient (Wildman–Crippen LogP) is 0.700. The van der Waals surface area contributed by atoms with E-state index in [-0.39, 0.29) is 23.8 Å². The molecule has 1 fully saturated rings. The smallest absolute Gasteiger partial charge is 0.225 e. The molecule has 0 aliphatic carbocycles. The van der Waals surface area contributed by atoms with Crippen molar-refractivity contribution in [2.24, 2.45) is 11.8 Å². The number of hydrogen-bond acceptors (Lipinski definition) is 5. The maximum atomic E-state index is 12.3. The molecular formula is C14H22N4O2. The molecule has 2 heterocycles. The Kier molecular flexibility index (Phi) is 4.89.